The number of aromatic nitrogens is 1. The lowest BCUT2D eigenvalue weighted by Crippen LogP contribution is -2.10. The Morgan fingerprint density at radius 1 is 1.40 bits per heavy atom. The predicted octanol–water partition coefficient (Wildman–Crippen LogP) is 2.80. The SMILES string of the molecule is C=CCc1cc2c(C)cc(=O)[nH]c2c(C)c1OC(C)=O. The molecule has 20 heavy (non-hydrogen) atoms. The van der Waals surface area contributed by atoms with E-state index in [2.05, 4.69) is 11.6 Å². The Kier molecular flexibility index (Phi) is 3.74. The number of aryl methyl sites for hydroxylation is 2. The van der Waals surface area contributed by atoms with Crippen molar-refractivity contribution in [3.63, 3.8) is 0 Å². The molecule has 0 fully saturated rings. The number of allylic oxidation sites excluding steroid dienone is 1. The molecule has 4 nitrogen and oxygen atoms in total. The number of benzene rings is 1. The van der Waals surface area contributed by atoms with Gasteiger partial charge in [-0.25, -0.2) is 0 Å². The van der Waals surface area contributed by atoms with Gasteiger partial charge in [-0.3, -0.25) is 9.59 Å². The number of carbonyl (C=O) groups excluding carboxylic acids is 1. The number of pyridine rings is 1. The van der Waals surface area contributed by atoms with Crippen LogP contribution in [0.5, 0.6) is 5.75 Å². The monoisotopic (exact) mass is 271 g/mol. The average Bonchev–Trinajstić information content (AvgIpc) is 2.35. The summed E-state index contributed by atoms with van der Waals surface area (Å²) in [5.41, 5.74) is 3.08. The molecule has 0 aliphatic rings. The van der Waals surface area contributed by atoms with Crippen LogP contribution in [-0.4, -0.2) is 11.0 Å². The lowest BCUT2D eigenvalue weighted by atomic mass is 9.99. The van der Waals surface area contributed by atoms with Gasteiger partial charge in [-0.15, -0.1) is 6.58 Å². The lowest BCUT2D eigenvalue weighted by molar-refractivity contribution is -0.131. The van der Waals surface area contributed by atoms with Gasteiger partial charge in [-0.05, 0) is 37.5 Å². The second-order valence-corrected chi connectivity index (χ2v) is 4.82. The van der Waals surface area contributed by atoms with Crippen LogP contribution < -0.4 is 10.3 Å². The van der Waals surface area contributed by atoms with Crippen LogP contribution in [0.4, 0.5) is 0 Å². The third kappa shape index (κ3) is 2.50. The molecule has 0 saturated heterocycles. The van der Waals surface area contributed by atoms with Gasteiger partial charge >= 0.3 is 5.97 Å². The first-order valence-corrected chi connectivity index (χ1v) is 6.39. The molecule has 0 spiro atoms. The largest absolute Gasteiger partial charge is 0.426 e. The summed E-state index contributed by atoms with van der Waals surface area (Å²) in [6.07, 6.45) is 2.35. The predicted molar refractivity (Wildman–Crippen MR) is 79.3 cm³/mol. The summed E-state index contributed by atoms with van der Waals surface area (Å²) in [5.74, 6) is 0.124. The van der Waals surface area contributed by atoms with Crippen molar-refractivity contribution in [3.05, 3.63) is 51.8 Å². The molecule has 0 amide bonds. The number of rotatable bonds is 3. The molecular formula is C16H17NO3. The first-order valence-electron chi connectivity index (χ1n) is 6.39. The minimum Gasteiger partial charge on any atom is -0.426 e. The van der Waals surface area contributed by atoms with E-state index in [0.717, 1.165) is 22.1 Å². The van der Waals surface area contributed by atoms with Crippen LogP contribution >= 0.6 is 0 Å². The van der Waals surface area contributed by atoms with Crippen LogP contribution in [0.3, 0.4) is 0 Å². The summed E-state index contributed by atoms with van der Waals surface area (Å²) in [6, 6.07) is 3.50. The van der Waals surface area contributed by atoms with Crippen molar-refractivity contribution in [3.8, 4) is 5.75 Å². The lowest BCUT2D eigenvalue weighted by Gasteiger charge is -2.14. The maximum atomic E-state index is 11.6. The zero-order valence-electron chi connectivity index (χ0n) is 11.9. The van der Waals surface area contributed by atoms with Crippen molar-refractivity contribution in [2.45, 2.75) is 27.2 Å². The number of aromatic amines is 1. The smallest absolute Gasteiger partial charge is 0.308 e. The number of carbonyl (C=O) groups is 1. The van der Waals surface area contributed by atoms with E-state index >= 15 is 0 Å². The molecule has 0 bridgehead atoms. The molecule has 0 saturated carbocycles. The standard InChI is InChI=1S/C16H17NO3/c1-5-6-12-8-13-9(2)7-14(19)17-15(13)10(3)16(12)20-11(4)18/h5,7-8H,1,6H2,2-4H3,(H,17,19). The third-order valence-corrected chi connectivity index (χ3v) is 3.23. The average molecular weight is 271 g/mol. The Bertz CT molecular complexity index is 756. The Morgan fingerprint density at radius 2 is 2.10 bits per heavy atom. The number of nitrogens with one attached hydrogen (secondary N) is 1. The second kappa shape index (κ2) is 5.33. The quantitative estimate of drug-likeness (QED) is 0.530. The number of fused-ring (bicyclic) bond motifs is 1. The van der Waals surface area contributed by atoms with Gasteiger partial charge in [0.2, 0.25) is 5.56 Å². The maximum Gasteiger partial charge on any atom is 0.308 e. The fourth-order valence-corrected chi connectivity index (χ4v) is 2.37. The van der Waals surface area contributed by atoms with E-state index in [-0.39, 0.29) is 11.5 Å². The van der Waals surface area contributed by atoms with E-state index in [0.29, 0.717) is 17.7 Å². The summed E-state index contributed by atoms with van der Waals surface area (Å²) in [5, 5.41) is 0.954. The first kappa shape index (κ1) is 14.1. The molecule has 4 heteroatoms. The van der Waals surface area contributed by atoms with E-state index in [1.165, 1.54) is 6.92 Å². The van der Waals surface area contributed by atoms with E-state index in [9.17, 15) is 9.59 Å². The number of hydrogen-bond acceptors (Lipinski definition) is 3. The van der Waals surface area contributed by atoms with Crippen molar-refractivity contribution in [2.75, 3.05) is 0 Å². The van der Waals surface area contributed by atoms with Crippen LogP contribution in [0.1, 0.15) is 23.6 Å². The molecule has 2 aromatic rings. The molecule has 1 aromatic carbocycles. The van der Waals surface area contributed by atoms with E-state index in [4.69, 9.17) is 4.74 Å². The highest BCUT2D eigenvalue weighted by Crippen LogP contribution is 2.32. The van der Waals surface area contributed by atoms with Gasteiger partial charge in [0.05, 0.1) is 5.52 Å². The Morgan fingerprint density at radius 3 is 2.70 bits per heavy atom. The fourth-order valence-electron chi connectivity index (χ4n) is 2.37. The van der Waals surface area contributed by atoms with Crippen molar-refractivity contribution in [1.82, 2.24) is 4.98 Å². The topological polar surface area (TPSA) is 59.2 Å². The highest BCUT2D eigenvalue weighted by atomic mass is 16.5. The number of H-pyrrole nitrogens is 1. The van der Waals surface area contributed by atoms with Gasteiger partial charge in [-0.2, -0.15) is 0 Å². The van der Waals surface area contributed by atoms with Crippen LogP contribution in [0.2, 0.25) is 0 Å². The van der Waals surface area contributed by atoms with Gasteiger partial charge in [0.15, 0.2) is 0 Å². The Hall–Kier alpha value is -2.36. The van der Waals surface area contributed by atoms with Crippen molar-refractivity contribution in [1.29, 1.82) is 0 Å². The van der Waals surface area contributed by atoms with Crippen molar-refractivity contribution >= 4 is 16.9 Å². The highest BCUT2D eigenvalue weighted by molar-refractivity contribution is 5.88. The third-order valence-electron chi connectivity index (χ3n) is 3.23. The second-order valence-electron chi connectivity index (χ2n) is 4.82. The van der Waals surface area contributed by atoms with Gasteiger partial charge < -0.3 is 9.72 Å². The fraction of sp³-hybridized carbons (Fsp3) is 0.250. The summed E-state index contributed by atoms with van der Waals surface area (Å²) < 4.78 is 5.31. The summed E-state index contributed by atoms with van der Waals surface area (Å²) in [7, 11) is 0. The molecule has 1 aromatic heterocycles. The van der Waals surface area contributed by atoms with Crippen LogP contribution in [-0.2, 0) is 11.2 Å². The number of ether oxygens (including phenoxy) is 1. The van der Waals surface area contributed by atoms with E-state index in [1.54, 1.807) is 12.1 Å². The van der Waals surface area contributed by atoms with Crippen molar-refractivity contribution in [2.24, 2.45) is 0 Å². The highest BCUT2D eigenvalue weighted by Gasteiger charge is 2.14. The molecular weight excluding hydrogens is 254 g/mol. The summed E-state index contributed by atoms with van der Waals surface area (Å²) >= 11 is 0. The zero-order chi connectivity index (χ0) is 14.9. The zero-order valence-corrected chi connectivity index (χ0v) is 11.9. The molecule has 0 atom stereocenters. The molecule has 104 valence electrons. The van der Waals surface area contributed by atoms with Gasteiger partial charge in [0.25, 0.3) is 0 Å². The normalized spacial score (nSPS) is 10.6. The molecule has 0 unspecified atom stereocenters. The first-order chi connectivity index (χ1) is 9.43. The van der Waals surface area contributed by atoms with E-state index < -0.39 is 0 Å². The van der Waals surface area contributed by atoms with Crippen LogP contribution in [0.25, 0.3) is 10.9 Å². The Balaban J connectivity index is 2.84. The number of hydrogen-bond donors (Lipinski definition) is 1. The maximum absolute atomic E-state index is 11.6. The number of esters is 1. The minimum atomic E-state index is -0.382. The van der Waals surface area contributed by atoms with Gasteiger partial charge in [-0.1, -0.05) is 6.08 Å². The van der Waals surface area contributed by atoms with E-state index in [1.807, 2.05) is 19.9 Å². The van der Waals surface area contributed by atoms with Crippen LogP contribution in [0, 0.1) is 13.8 Å². The van der Waals surface area contributed by atoms with Crippen LogP contribution in [0.15, 0.2) is 29.6 Å². The van der Waals surface area contributed by atoms with Gasteiger partial charge in [0, 0.05) is 23.9 Å². The van der Waals surface area contributed by atoms with Gasteiger partial charge in [0.1, 0.15) is 5.75 Å². The molecule has 1 heterocycles. The molecule has 0 radical (unpaired) electrons. The Labute approximate surface area is 117 Å². The van der Waals surface area contributed by atoms with Crippen molar-refractivity contribution < 1.29 is 9.53 Å². The molecule has 2 rings (SSSR count). The molecule has 1 N–H and O–H groups in total. The molecule has 0 aliphatic heterocycles. The summed E-state index contributed by atoms with van der Waals surface area (Å²) in [6.45, 7) is 8.81. The summed E-state index contributed by atoms with van der Waals surface area (Å²) in [4.78, 5) is 25.7. The minimum absolute atomic E-state index is 0.164. The molecule has 0 aliphatic carbocycles.